The molecule has 3 N–H and O–H groups in total. The van der Waals surface area contributed by atoms with Crippen molar-refractivity contribution in [2.45, 2.75) is 50.6 Å². The third-order valence-electron chi connectivity index (χ3n) is 4.02. The minimum atomic E-state index is -0.570. The number of nitrogens with zero attached hydrogens (tertiary/aromatic N) is 1. The van der Waals surface area contributed by atoms with Gasteiger partial charge in [-0.15, -0.1) is 0 Å². The first kappa shape index (κ1) is 12.8. The van der Waals surface area contributed by atoms with E-state index in [1.54, 1.807) is 0 Å². The van der Waals surface area contributed by atoms with Crippen LogP contribution in [-0.2, 0) is 4.79 Å². The molecular formula is C13H25N3O. The average molecular weight is 239 g/mol. The van der Waals surface area contributed by atoms with Crippen LogP contribution in [0.5, 0.6) is 0 Å². The normalized spacial score (nSPS) is 24.4. The van der Waals surface area contributed by atoms with E-state index >= 15 is 0 Å². The smallest absolute Gasteiger partial charge is 0.238 e. The Kier molecular flexibility index (Phi) is 3.73. The first-order valence-corrected chi connectivity index (χ1v) is 6.76. The summed E-state index contributed by atoms with van der Waals surface area (Å²) in [4.78, 5) is 13.9. The highest BCUT2D eigenvalue weighted by Crippen LogP contribution is 2.27. The van der Waals surface area contributed by atoms with Crippen molar-refractivity contribution in [3.05, 3.63) is 0 Å². The van der Waals surface area contributed by atoms with Crippen LogP contribution in [0, 0.1) is 5.92 Å². The lowest BCUT2D eigenvalue weighted by molar-refractivity contribution is -0.124. The molecule has 1 amide bonds. The Morgan fingerprint density at radius 2 is 2.06 bits per heavy atom. The molecule has 98 valence electrons. The summed E-state index contributed by atoms with van der Waals surface area (Å²) >= 11 is 0. The van der Waals surface area contributed by atoms with Crippen LogP contribution in [0.3, 0.4) is 0 Å². The molecule has 4 heteroatoms. The first-order valence-electron chi connectivity index (χ1n) is 6.76. The number of nitrogens with two attached hydrogens (primary N) is 1. The number of carbonyl (C=O) groups excluding carboxylic acids is 1. The predicted molar refractivity (Wildman–Crippen MR) is 68.6 cm³/mol. The second kappa shape index (κ2) is 4.94. The Labute approximate surface area is 104 Å². The van der Waals surface area contributed by atoms with Crippen molar-refractivity contribution in [3.63, 3.8) is 0 Å². The van der Waals surface area contributed by atoms with Crippen molar-refractivity contribution >= 4 is 5.91 Å². The number of likely N-dealkylation sites (N-methyl/N-ethyl adjacent to an activating group) is 1. The molecule has 0 aromatic rings. The maximum atomic E-state index is 11.6. The quantitative estimate of drug-likeness (QED) is 0.688. The minimum absolute atomic E-state index is 0.232. The minimum Gasteiger partial charge on any atom is -0.368 e. The Morgan fingerprint density at radius 3 is 2.47 bits per heavy atom. The topological polar surface area (TPSA) is 58.4 Å². The molecule has 0 aromatic heterocycles. The number of hydrogen-bond acceptors (Lipinski definition) is 3. The van der Waals surface area contributed by atoms with E-state index in [1.165, 1.54) is 32.1 Å². The van der Waals surface area contributed by atoms with Crippen LogP contribution in [-0.4, -0.2) is 42.5 Å². The number of rotatable bonds is 7. The Morgan fingerprint density at radius 1 is 1.41 bits per heavy atom. The van der Waals surface area contributed by atoms with Gasteiger partial charge in [0.25, 0.3) is 0 Å². The lowest BCUT2D eigenvalue weighted by Crippen LogP contribution is -2.60. The summed E-state index contributed by atoms with van der Waals surface area (Å²) in [6.07, 6.45) is 6.40. The zero-order valence-electron chi connectivity index (χ0n) is 11.0. The van der Waals surface area contributed by atoms with Crippen LogP contribution in [0.4, 0.5) is 0 Å². The lowest BCUT2D eigenvalue weighted by Gasteiger charge is -2.36. The molecule has 0 radical (unpaired) electrons. The van der Waals surface area contributed by atoms with Gasteiger partial charge in [0.1, 0.15) is 5.54 Å². The molecule has 0 spiro atoms. The first-order chi connectivity index (χ1) is 7.99. The van der Waals surface area contributed by atoms with E-state index in [0.29, 0.717) is 6.04 Å². The summed E-state index contributed by atoms with van der Waals surface area (Å²) in [7, 11) is 2.09. The Hall–Kier alpha value is -0.610. The summed E-state index contributed by atoms with van der Waals surface area (Å²) in [6.45, 7) is 3.75. The van der Waals surface area contributed by atoms with Crippen LogP contribution in [0.2, 0.25) is 0 Å². The zero-order chi connectivity index (χ0) is 12.5. The fourth-order valence-electron chi connectivity index (χ4n) is 2.59. The highest BCUT2D eigenvalue weighted by Gasteiger charge is 2.38. The largest absolute Gasteiger partial charge is 0.368 e. The SMILES string of the molecule is CN(CC1CCC1)CC(C)(NC1CC1)C(N)=O. The monoisotopic (exact) mass is 239 g/mol. The van der Waals surface area contributed by atoms with Gasteiger partial charge in [0.05, 0.1) is 0 Å². The molecule has 2 saturated carbocycles. The van der Waals surface area contributed by atoms with Crippen molar-refractivity contribution in [1.29, 1.82) is 0 Å². The summed E-state index contributed by atoms with van der Waals surface area (Å²) in [5.74, 6) is 0.600. The van der Waals surface area contributed by atoms with E-state index in [1.807, 2.05) is 6.92 Å². The maximum absolute atomic E-state index is 11.6. The third kappa shape index (κ3) is 3.42. The van der Waals surface area contributed by atoms with E-state index < -0.39 is 5.54 Å². The second-order valence-electron chi connectivity index (χ2n) is 6.11. The number of amides is 1. The molecule has 0 aromatic carbocycles. The van der Waals surface area contributed by atoms with Gasteiger partial charge in [0.2, 0.25) is 5.91 Å². The molecule has 2 fully saturated rings. The highest BCUT2D eigenvalue weighted by atomic mass is 16.1. The average Bonchev–Trinajstić information content (AvgIpc) is 2.94. The van der Waals surface area contributed by atoms with Crippen LogP contribution < -0.4 is 11.1 Å². The van der Waals surface area contributed by atoms with Gasteiger partial charge >= 0.3 is 0 Å². The standard InChI is InChI=1S/C13H25N3O/c1-13(12(14)17,15-11-6-7-11)9-16(2)8-10-4-3-5-10/h10-11,15H,3-9H2,1-2H3,(H2,14,17). The summed E-state index contributed by atoms with van der Waals surface area (Å²) in [5, 5.41) is 3.39. The lowest BCUT2D eigenvalue weighted by atomic mass is 9.85. The third-order valence-corrected chi connectivity index (χ3v) is 4.02. The molecular weight excluding hydrogens is 214 g/mol. The van der Waals surface area contributed by atoms with Gasteiger partial charge in [-0.3, -0.25) is 10.1 Å². The predicted octanol–water partition coefficient (Wildman–Crippen LogP) is 0.714. The molecule has 1 unspecified atom stereocenters. The summed E-state index contributed by atoms with van der Waals surface area (Å²) in [6, 6.07) is 0.504. The van der Waals surface area contributed by atoms with Gasteiger partial charge in [-0.05, 0) is 45.6 Å². The molecule has 1 atom stereocenters. The van der Waals surface area contributed by atoms with Gasteiger partial charge in [-0.1, -0.05) is 6.42 Å². The van der Waals surface area contributed by atoms with Crippen LogP contribution >= 0.6 is 0 Å². The van der Waals surface area contributed by atoms with Crippen molar-refractivity contribution < 1.29 is 4.79 Å². The summed E-state index contributed by atoms with van der Waals surface area (Å²) < 4.78 is 0. The van der Waals surface area contributed by atoms with Crippen molar-refractivity contribution in [2.75, 3.05) is 20.1 Å². The van der Waals surface area contributed by atoms with E-state index in [2.05, 4.69) is 17.3 Å². The Bertz CT molecular complexity index is 286. The molecule has 17 heavy (non-hydrogen) atoms. The molecule has 0 saturated heterocycles. The van der Waals surface area contributed by atoms with E-state index in [9.17, 15) is 4.79 Å². The van der Waals surface area contributed by atoms with Gasteiger partial charge in [-0.25, -0.2) is 0 Å². The van der Waals surface area contributed by atoms with E-state index in [4.69, 9.17) is 5.73 Å². The van der Waals surface area contributed by atoms with Crippen molar-refractivity contribution in [1.82, 2.24) is 10.2 Å². The molecule has 0 bridgehead atoms. The number of nitrogens with one attached hydrogen (secondary N) is 1. The fraction of sp³-hybridized carbons (Fsp3) is 0.923. The molecule has 2 aliphatic rings. The van der Waals surface area contributed by atoms with E-state index in [0.717, 1.165) is 19.0 Å². The number of hydrogen-bond donors (Lipinski definition) is 2. The maximum Gasteiger partial charge on any atom is 0.238 e. The number of carbonyl (C=O) groups is 1. The molecule has 2 aliphatic carbocycles. The second-order valence-corrected chi connectivity index (χ2v) is 6.11. The molecule has 0 heterocycles. The van der Waals surface area contributed by atoms with Gasteiger partial charge in [-0.2, -0.15) is 0 Å². The van der Waals surface area contributed by atoms with E-state index in [-0.39, 0.29) is 5.91 Å². The molecule has 2 rings (SSSR count). The van der Waals surface area contributed by atoms with Gasteiger partial charge in [0.15, 0.2) is 0 Å². The summed E-state index contributed by atoms with van der Waals surface area (Å²) in [5.41, 5.74) is 4.97. The van der Waals surface area contributed by atoms with Gasteiger partial charge in [0, 0.05) is 19.1 Å². The number of primary amides is 1. The molecule has 4 nitrogen and oxygen atoms in total. The van der Waals surface area contributed by atoms with Crippen LogP contribution in [0.1, 0.15) is 39.0 Å². The van der Waals surface area contributed by atoms with Crippen molar-refractivity contribution in [3.8, 4) is 0 Å². The highest BCUT2D eigenvalue weighted by molar-refractivity contribution is 5.84. The molecule has 0 aliphatic heterocycles. The zero-order valence-corrected chi connectivity index (χ0v) is 11.0. The van der Waals surface area contributed by atoms with Crippen LogP contribution in [0.25, 0.3) is 0 Å². The fourth-order valence-corrected chi connectivity index (χ4v) is 2.59. The van der Waals surface area contributed by atoms with Crippen LogP contribution in [0.15, 0.2) is 0 Å². The Balaban J connectivity index is 1.83. The van der Waals surface area contributed by atoms with Crippen molar-refractivity contribution in [2.24, 2.45) is 11.7 Å². The van der Waals surface area contributed by atoms with Gasteiger partial charge < -0.3 is 10.6 Å².